The van der Waals surface area contributed by atoms with Crippen molar-refractivity contribution in [3.63, 3.8) is 0 Å². The number of carbonyl (C=O) groups excluding carboxylic acids is 1. The molecule has 2 N–H and O–H groups in total. The van der Waals surface area contributed by atoms with Crippen LogP contribution in [0.15, 0.2) is 30.5 Å². The average molecular weight is 288 g/mol. The minimum Gasteiger partial charge on any atom is -0.396 e. The van der Waals surface area contributed by atoms with Gasteiger partial charge in [-0.3, -0.25) is 14.5 Å². The number of amides is 1. The van der Waals surface area contributed by atoms with E-state index in [4.69, 9.17) is 0 Å². The molecular formula is C15H20N4O2. The molecule has 2 aromatic rings. The van der Waals surface area contributed by atoms with Gasteiger partial charge in [0.25, 0.3) is 5.91 Å². The molecular weight excluding hydrogens is 268 g/mol. The van der Waals surface area contributed by atoms with Crippen molar-refractivity contribution in [1.29, 1.82) is 0 Å². The summed E-state index contributed by atoms with van der Waals surface area (Å²) < 4.78 is 1.55. The Morgan fingerprint density at radius 2 is 2.29 bits per heavy atom. The fourth-order valence-electron chi connectivity index (χ4n) is 2.17. The van der Waals surface area contributed by atoms with Crippen molar-refractivity contribution >= 4 is 5.91 Å². The van der Waals surface area contributed by atoms with E-state index >= 15 is 0 Å². The summed E-state index contributed by atoms with van der Waals surface area (Å²) >= 11 is 0. The molecule has 0 saturated carbocycles. The molecule has 1 amide bonds. The number of nitrogens with one attached hydrogen (secondary N) is 1. The van der Waals surface area contributed by atoms with Gasteiger partial charge in [-0.05, 0) is 31.5 Å². The molecule has 1 unspecified atom stereocenters. The van der Waals surface area contributed by atoms with Crippen LogP contribution in [0.1, 0.15) is 21.9 Å². The Morgan fingerprint density at radius 3 is 2.86 bits per heavy atom. The van der Waals surface area contributed by atoms with E-state index in [9.17, 15) is 9.90 Å². The molecule has 6 heteroatoms. The van der Waals surface area contributed by atoms with Gasteiger partial charge in [-0.15, -0.1) is 0 Å². The Bertz CT molecular complexity index is 595. The van der Waals surface area contributed by atoms with Gasteiger partial charge in [0, 0.05) is 38.0 Å². The van der Waals surface area contributed by atoms with Gasteiger partial charge < -0.3 is 10.4 Å². The standard InChI is InChI=1S/C15H20N4O2/c1-11-7-14(19(2)18-11)15(21)17-9-12(10-20)8-13-5-3-4-6-16-13/h3-7,12,20H,8-10H2,1-2H3,(H,17,21). The summed E-state index contributed by atoms with van der Waals surface area (Å²) in [6.07, 6.45) is 2.35. The predicted octanol–water partition coefficient (Wildman–Crippen LogP) is 0.705. The SMILES string of the molecule is Cc1cc(C(=O)NCC(CO)Cc2ccccn2)n(C)n1. The second kappa shape index (κ2) is 6.99. The van der Waals surface area contributed by atoms with Crippen LogP contribution in [0.3, 0.4) is 0 Å². The van der Waals surface area contributed by atoms with Crippen LogP contribution in [0, 0.1) is 12.8 Å². The Hall–Kier alpha value is -2.21. The first kappa shape index (κ1) is 15.2. The second-order valence-electron chi connectivity index (χ2n) is 5.08. The third-order valence-corrected chi connectivity index (χ3v) is 3.27. The zero-order valence-electron chi connectivity index (χ0n) is 12.3. The highest BCUT2D eigenvalue weighted by molar-refractivity contribution is 5.92. The van der Waals surface area contributed by atoms with Gasteiger partial charge in [-0.2, -0.15) is 5.10 Å². The lowest BCUT2D eigenvalue weighted by Gasteiger charge is -2.14. The van der Waals surface area contributed by atoms with Crippen molar-refractivity contribution in [3.05, 3.63) is 47.5 Å². The molecule has 0 radical (unpaired) electrons. The maximum absolute atomic E-state index is 12.1. The van der Waals surface area contributed by atoms with Crippen LogP contribution in [-0.2, 0) is 13.5 Å². The van der Waals surface area contributed by atoms with Crippen LogP contribution < -0.4 is 5.32 Å². The van der Waals surface area contributed by atoms with E-state index in [0.29, 0.717) is 18.7 Å². The van der Waals surface area contributed by atoms with E-state index in [2.05, 4.69) is 15.4 Å². The van der Waals surface area contributed by atoms with Crippen LogP contribution in [0.5, 0.6) is 0 Å². The van der Waals surface area contributed by atoms with Gasteiger partial charge >= 0.3 is 0 Å². The largest absolute Gasteiger partial charge is 0.396 e. The number of aromatic nitrogens is 3. The summed E-state index contributed by atoms with van der Waals surface area (Å²) in [6.45, 7) is 2.24. The number of hydrogen-bond donors (Lipinski definition) is 2. The zero-order chi connectivity index (χ0) is 15.2. The van der Waals surface area contributed by atoms with Crippen molar-refractivity contribution in [2.75, 3.05) is 13.2 Å². The minimum absolute atomic E-state index is 0.00126. The molecule has 112 valence electrons. The maximum atomic E-state index is 12.1. The van der Waals surface area contributed by atoms with Gasteiger partial charge in [-0.1, -0.05) is 6.07 Å². The first-order valence-electron chi connectivity index (χ1n) is 6.89. The van der Waals surface area contributed by atoms with E-state index in [0.717, 1.165) is 11.4 Å². The zero-order valence-corrected chi connectivity index (χ0v) is 12.3. The summed E-state index contributed by atoms with van der Waals surface area (Å²) in [5.74, 6) is -0.240. The molecule has 0 aliphatic rings. The van der Waals surface area contributed by atoms with Gasteiger partial charge in [0.05, 0.1) is 5.69 Å². The number of hydrogen-bond acceptors (Lipinski definition) is 4. The number of pyridine rings is 1. The number of aliphatic hydroxyl groups is 1. The molecule has 0 saturated heterocycles. The number of aliphatic hydroxyl groups excluding tert-OH is 1. The van der Waals surface area contributed by atoms with Crippen LogP contribution in [0.2, 0.25) is 0 Å². The number of aryl methyl sites for hydroxylation is 2. The number of rotatable bonds is 6. The lowest BCUT2D eigenvalue weighted by Crippen LogP contribution is -2.33. The topological polar surface area (TPSA) is 80.0 Å². The van der Waals surface area contributed by atoms with Crippen molar-refractivity contribution in [2.24, 2.45) is 13.0 Å². The van der Waals surface area contributed by atoms with Crippen LogP contribution in [-0.4, -0.2) is 38.9 Å². The van der Waals surface area contributed by atoms with E-state index < -0.39 is 0 Å². The van der Waals surface area contributed by atoms with Crippen LogP contribution in [0.25, 0.3) is 0 Å². The average Bonchev–Trinajstić information content (AvgIpc) is 2.83. The number of nitrogens with zero attached hydrogens (tertiary/aromatic N) is 3. The molecule has 2 heterocycles. The van der Waals surface area contributed by atoms with Crippen molar-refractivity contribution < 1.29 is 9.90 Å². The summed E-state index contributed by atoms with van der Waals surface area (Å²) in [4.78, 5) is 16.3. The molecule has 0 bridgehead atoms. The Morgan fingerprint density at radius 1 is 1.48 bits per heavy atom. The monoisotopic (exact) mass is 288 g/mol. The minimum atomic E-state index is -0.183. The first-order chi connectivity index (χ1) is 10.1. The molecule has 0 fully saturated rings. The van der Waals surface area contributed by atoms with Crippen molar-refractivity contribution in [1.82, 2.24) is 20.1 Å². The van der Waals surface area contributed by atoms with Gasteiger partial charge in [0.2, 0.25) is 0 Å². The fraction of sp³-hybridized carbons (Fsp3) is 0.400. The summed E-state index contributed by atoms with van der Waals surface area (Å²) in [6, 6.07) is 7.41. The molecule has 2 aromatic heterocycles. The highest BCUT2D eigenvalue weighted by Gasteiger charge is 2.15. The van der Waals surface area contributed by atoms with Crippen LogP contribution in [0.4, 0.5) is 0 Å². The highest BCUT2D eigenvalue weighted by Crippen LogP contribution is 2.06. The lowest BCUT2D eigenvalue weighted by molar-refractivity contribution is 0.0930. The first-order valence-corrected chi connectivity index (χ1v) is 6.89. The van der Waals surface area contributed by atoms with Crippen molar-refractivity contribution in [2.45, 2.75) is 13.3 Å². The molecule has 0 aromatic carbocycles. The Kier molecular flexibility index (Phi) is 5.05. The summed E-state index contributed by atoms with van der Waals surface area (Å²) in [5, 5.41) is 16.4. The summed E-state index contributed by atoms with van der Waals surface area (Å²) in [7, 11) is 1.74. The molecule has 6 nitrogen and oxygen atoms in total. The quantitative estimate of drug-likeness (QED) is 0.820. The van der Waals surface area contributed by atoms with E-state index in [1.807, 2.05) is 25.1 Å². The molecule has 0 aliphatic carbocycles. The van der Waals surface area contributed by atoms with Gasteiger partial charge in [-0.25, -0.2) is 0 Å². The van der Waals surface area contributed by atoms with E-state index in [1.54, 1.807) is 24.0 Å². The maximum Gasteiger partial charge on any atom is 0.269 e. The third kappa shape index (κ3) is 4.13. The highest BCUT2D eigenvalue weighted by atomic mass is 16.3. The van der Waals surface area contributed by atoms with Gasteiger partial charge in [0.1, 0.15) is 5.69 Å². The second-order valence-corrected chi connectivity index (χ2v) is 5.08. The Labute approximate surface area is 123 Å². The molecule has 1 atom stereocenters. The smallest absolute Gasteiger partial charge is 0.269 e. The van der Waals surface area contributed by atoms with Crippen LogP contribution >= 0.6 is 0 Å². The summed E-state index contributed by atoms with van der Waals surface area (Å²) in [5.41, 5.74) is 2.22. The fourth-order valence-corrected chi connectivity index (χ4v) is 2.17. The molecule has 0 aliphatic heterocycles. The normalized spacial score (nSPS) is 12.1. The molecule has 2 rings (SSSR count). The van der Waals surface area contributed by atoms with E-state index in [1.165, 1.54) is 0 Å². The molecule has 0 spiro atoms. The Balaban J connectivity index is 1.91. The molecule has 21 heavy (non-hydrogen) atoms. The van der Waals surface area contributed by atoms with Crippen molar-refractivity contribution in [3.8, 4) is 0 Å². The third-order valence-electron chi connectivity index (χ3n) is 3.27. The number of carbonyl (C=O) groups is 1. The predicted molar refractivity (Wildman–Crippen MR) is 78.8 cm³/mol. The lowest BCUT2D eigenvalue weighted by atomic mass is 10.0. The van der Waals surface area contributed by atoms with Gasteiger partial charge in [0.15, 0.2) is 0 Å². The van der Waals surface area contributed by atoms with E-state index in [-0.39, 0.29) is 18.4 Å².